The highest BCUT2D eigenvalue weighted by Gasteiger charge is 2.43. The van der Waals surface area contributed by atoms with Crippen molar-refractivity contribution in [3.05, 3.63) is 70.1 Å². The topological polar surface area (TPSA) is 68.9 Å². The van der Waals surface area contributed by atoms with Crippen molar-refractivity contribution in [3.63, 3.8) is 0 Å². The van der Waals surface area contributed by atoms with Crippen LogP contribution in [-0.2, 0) is 0 Å². The minimum atomic E-state index is -0.488. The number of nitrogens with one attached hydrogen (secondary N) is 2. The Morgan fingerprint density at radius 2 is 1.81 bits per heavy atom. The fourth-order valence-corrected chi connectivity index (χ4v) is 3.13. The second-order valence-corrected chi connectivity index (χ2v) is 5.75. The molecule has 1 heterocycles. The lowest BCUT2D eigenvalue weighted by Gasteiger charge is -2.11. The Balaban J connectivity index is 1.59. The van der Waals surface area contributed by atoms with Gasteiger partial charge >= 0.3 is 5.69 Å². The summed E-state index contributed by atoms with van der Waals surface area (Å²) < 4.78 is 0. The highest BCUT2D eigenvalue weighted by atomic mass is 16.3. The molecule has 1 aliphatic carbocycles. The highest BCUT2D eigenvalue weighted by molar-refractivity contribution is 5.75. The summed E-state index contributed by atoms with van der Waals surface area (Å²) in [6.45, 7) is 0. The number of hydrogen-bond acceptors (Lipinski definition) is 2. The number of aromatic amines is 2. The number of aliphatic hydroxyl groups is 1. The third kappa shape index (κ3) is 2.17. The SMILES string of the molecule is O=c1[nH]c2ccc(C(O)C3CC3c3ccccc3)cc2[nH]1. The first-order valence-corrected chi connectivity index (χ1v) is 7.17. The molecule has 2 aromatic carbocycles. The molecular formula is C17H16N2O2. The molecule has 3 atom stereocenters. The van der Waals surface area contributed by atoms with Crippen molar-refractivity contribution in [3.8, 4) is 0 Å². The Bertz CT molecular complexity index is 835. The number of aliphatic hydroxyl groups excluding tert-OH is 1. The van der Waals surface area contributed by atoms with Crippen LogP contribution in [-0.4, -0.2) is 15.1 Å². The van der Waals surface area contributed by atoms with Gasteiger partial charge in [0, 0.05) is 0 Å². The van der Waals surface area contributed by atoms with Crippen LogP contribution in [0.4, 0.5) is 0 Å². The second kappa shape index (κ2) is 4.60. The second-order valence-electron chi connectivity index (χ2n) is 5.75. The van der Waals surface area contributed by atoms with Crippen LogP contribution >= 0.6 is 0 Å². The Morgan fingerprint density at radius 1 is 1.05 bits per heavy atom. The molecule has 0 amide bonds. The maximum absolute atomic E-state index is 11.3. The molecule has 3 aromatic rings. The summed E-state index contributed by atoms with van der Waals surface area (Å²) in [5.74, 6) is 0.692. The van der Waals surface area contributed by atoms with Gasteiger partial charge in [-0.25, -0.2) is 4.79 Å². The van der Waals surface area contributed by atoms with E-state index in [9.17, 15) is 9.90 Å². The minimum absolute atomic E-state index is 0.217. The van der Waals surface area contributed by atoms with E-state index in [1.54, 1.807) is 0 Å². The molecule has 0 saturated heterocycles. The zero-order valence-corrected chi connectivity index (χ0v) is 11.4. The van der Waals surface area contributed by atoms with Crippen molar-refractivity contribution in [2.24, 2.45) is 5.92 Å². The van der Waals surface area contributed by atoms with E-state index in [1.807, 2.05) is 36.4 Å². The lowest BCUT2D eigenvalue weighted by atomic mass is 10.0. The number of hydrogen-bond donors (Lipinski definition) is 3. The van der Waals surface area contributed by atoms with Gasteiger partial charge in [-0.2, -0.15) is 0 Å². The molecule has 0 radical (unpaired) electrons. The Labute approximate surface area is 121 Å². The number of imidazole rings is 1. The number of benzene rings is 2. The molecule has 0 aliphatic heterocycles. The van der Waals surface area contributed by atoms with E-state index in [1.165, 1.54) is 5.56 Å². The summed E-state index contributed by atoms with van der Waals surface area (Å²) in [5.41, 5.74) is 3.45. The van der Waals surface area contributed by atoms with Gasteiger partial charge < -0.3 is 15.1 Å². The summed E-state index contributed by atoms with van der Waals surface area (Å²) in [6.07, 6.45) is 0.519. The monoisotopic (exact) mass is 280 g/mol. The van der Waals surface area contributed by atoms with Gasteiger partial charge in [-0.05, 0) is 41.5 Å². The Hall–Kier alpha value is -2.33. The van der Waals surface area contributed by atoms with Gasteiger partial charge in [0.1, 0.15) is 0 Å². The predicted molar refractivity (Wildman–Crippen MR) is 81.2 cm³/mol. The van der Waals surface area contributed by atoms with Gasteiger partial charge in [0.25, 0.3) is 0 Å². The molecule has 3 unspecified atom stereocenters. The molecule has 21 heavy (non-hydrogen) atoms. The largest absolute Gasteiger partial charge is 0.388 e. The van der Waals surface area contributed by atoms with Crippen LogP contribution in [0.1, 0.15) is 29.6 Å². The zero-order chi connectivity index (χ0) is 14.4. The minimum Gasteiger partial charge on any atom is -0.388 e. The molecular weight excluding hydrogens is 264 g/mol. The molecule has 0 bridgehead atoms. The summed E-state index contributed by atoms with van der Waals surface area (Å²) in [5, 5.41) is 10.6. The lowest BCUT2D eigenvalue weighted by Crippen LogP contribution is -2.01. The first-order chi connectivity index (χ1) is 10.2. The zero-order valence-electron chi connectivity index (χ0n) is 11.4. The van der Waals surface area contributed by atoms with Crippen LogP contribution in [0.5, 0.6) is 0 Å². The highest BCUT2D eigenvalue weighted by Crippen LogP contribution is 2.54. The quantitative estimate of drug-likeness (QED) is 0.690. The normalized spacial score (nSPS) is 22.3. The lowest BCUT2D eigenvalue weighted by molar-refractivity contribution is 0.151. The molecule has 3 N–H and O–H groups in total. The smallest absolute Gasteiger partial charge is 0.323 e. The van der Waals surface area contributed by atoms with Crippen molar-refractivity contribution < 1.29 is 5.11 Å². The average Bonchev–Trinajstić information content (AvgIpc) is 3.22. The summed E-state index contributed by atoms with van der Waals surface area (Å²) in [6, 6.07) is 15.9. The number of fused-ring (bicyclic) bond motifs is 1. The van der Waals surface area contributed by atoms with Crippen molar-refractivity contribution >= 4 is 11.0 Å². The number of rotatable bonds is 3. The van der Waals surface area contributed by atoms with E-state index < -0.39 is 6.10 Å². The maximum Gasteiger partial charge on any atom is 0.323 e. The first-order valence-electron chi connectivity index (χ1n) is 7.17. The third-order valence-corrected chi connectivity index (χ3v) is 4.35. The van der Waals surface area contributed by atoms with Gasteiger partial charge in [0.05, 0.1) is 17.1 Å². The first kappa shape index (κ1) is 12.4. The molecule has 4 rings (SSSR count). The van der Waals surface area contributed by atoms with E-state index in [4.69, 9.17) is 0 Å². The molecule has 4 heteroatoms. The van der Waals surface area contributed by atoms with E-state index in [0.717, 1.165) is 23.0 Å². The molecule has 4 nitrogen and oxygen atoms in total. The Kier molecular flexibility index (Phi) is 2.72. The van der Waals surface area contributed by atoms with Crippen LogP contribution in [0.15, 0.2) is 53.3 Å². The summed E-state index contributed by atoms with van der Waals surface area (Å²) >= 11 is 0. The van der Waals surface area contributed by atoms with Crippen LogP contribution in [0.2, 0.25) is 0 Å². The van der Waals surface area contributed by atoms with Crippen LogP contribution in [0.3, 0.4) is 0 Å². The van der Waals surface area contributed by atoms with Gasteiger partial charge in [-0.1, -0.05) is 36.4 Å². The van der Waals surface area contributed by atoms with E-state index >= 15 is 0 Å². The van der Waals surface area contributed by atoms with Crippen LogP contribution in [0.25, 0.3) is 11.0 Å². The van der Waals surface area contributed by atoms with Gasteiger partial charge in [-0.15, -0.1) is 0 Å². The third-order valence-electron chi connectivity index (χ3n) is 4.35. The molecule has 0 spiro atoms. The fraction of sp³-hybridized carbons (Fsp3) is 0.235. The average molecular weight is 280 g/mol. The van der Waals surface area contributed by atoms with Gasteiger partial charge in [0.15, 0.2) is 0 Å². The fourth-order valence-electron chi connectivity index (χ4n) is 3.13. The molecule has 1 aliphatic rings. The van der Waals surface area contributed by atoms with Gasteiger partial charge in [-0.3, -0.25) is 0 Å². The van der Waals surface area contributed by atoms with E-state index in [0.29, 0.717) is 5.92 Å². The molecule has 1 saturated carbocycles. The molecule has 1 fully saturated rings. The van der Waals surface area contributed by atoms with Crippen molar-refractivity contribution in [1.29, 1.82) is 0 Å². The molecule has 1 aromatic heterocycles. The van der Waals surface area contributed by atoms with Gasteiger partial charge in [0.2, 0.25) is 0 Å². The molecule has 106 valence electrons. The van der Waals surface area contributed by atoms with E-state index in [2.05, 4.69) is 22.1 Å². The summed E-state index contributed by atoms with van der Waals surface area (Å²) in [7, 11) is 0. The van der Waals surface area contributed by atoms with E-state index in [-0.39, 0.29) is 11.6 Å². The summed E-state index contributed by atoms with van der Waals surface area (Å²) in [4.78, 5) is 16.7. The maximum atomic E-state index is 11.3. The predicted octanol–water partition coefficient (Wildman–Crippen LogP) is 2.69. The number of H-pyrrole nitrogens is 2. The van der Waals surface area contributed by atoms with Crippen LogP contribution in [0, 0.1) is 5.92 Å². The Morgan fingerprint density at radius 3 is 2.62 bits per heavy atom. The van der Waals surface area contributed by atoms with Crippen molar-refractivity contribution in [2.45, 2.75) is 18.4 Å². The number of aromatic nitrogens is 2. The van der Waals surface area contributed by atoms with Crippen molar-refractivity contribution in [2.75, 3.05) is 0 Å². The van der Waals surface area contributed by atoms with Crippen molar-refractivity contribution in [1.82, 2.24) is 9.97 Å². The standard InChI is InChI=1S/C17H16N2O2/c20-16(13-9-12(13)10-4-2-1-3-5-10)11-6-7-14-15(8-11)19-17(21)18-14/h1-8,12-13,16,20H,9H2,(H2,18,19,21). The van der Waals surface area contributed by atoms with Crippen LogP contribution < -0.4 is 5.69 Å².